The lowest BCUT2D eigenvalue weighted by Crippen LogP contribution is -2.25. The van der Waals surface area contributed by atoms with Gasteiger partial charge in [-0.3, -0.25) is 4.79 Å². The highest BCUT2D eigenvalue weighted by Gasteiger charge is 2.08. The van der Waals surface area contributed by atoms with Crippen LogP contribution in [-0.2, 0) is 16.1 Å². The number of carbonyl (C=O) groups excluding carboxylic acids is 1. The summed E-state index contributed by atoms with van der Waals surface area (Å²) in [7, 11) is 0. The molecule has 0 aliphatic heterocycles. The van der Waals surface area contributed by atoms with E-state index in [9.17, 15) is 4.79 Å². The van der Waals surface area contributed by atoms with Crippen molar-refractivity contribution < 1.29 is 9.53 Å². The number of amides is 1. The van der Waals surface area contributed by atoms with E-state index in [0.29, 0.717) is 31.3 Å². The Kier molecular flexibility index (Phi) is 8.73. The molecule has 0 radical (unpaired) electrons. The number of nitrogens with zero attached hydrogens (tertiary/aromatic N) is 1. The lowest BCUT2D eigenvalue weighted by Gasteiger charge is -2.06. The second-order valence-corrected chi connectivity index (χ2v) is 4.92. The molecule has 0 saturated carbocycles. The fourth-order valence-electron chi connectivity index (χ4n) is 1.62. The van der Waals surface area contributed by atoms with E-state index in [-0.39, 0.29) is 5.57 Å². The molecule has 0 fully saturated rings. The third kappa shape index (κ3) is 7.11. The summed E-state index contributed by atoms with van der Waals surface area (Å²) in [6.45, 7) is 4.27. The molecular formula is C16H20ClN3O2. The van der Waals surface area contributed by atoms with Gasteiger partial charge in [0.15, 0.2) is 0 Å². The van der Waals surface area contributed by atoms with Gasteiger partial charge in [-0.1, -0.05) is 23.7 Å². The Hall–Kier alpha value is -2.03. The standard InChI is InChI=1S/C16H20ClN3O2/c1-2-22-9-3-8-19-12-14(10-18)16(21)20-11-13-4-6-15(17)7-5-13/h4-7,12,19H,2-3,8-9,11H2,1H3,(H,20,21)/b14-12-. The summed E-state index contributed by atoms with van der Waals surface area (Å²) in [5, 5.41) is 15.3. The maximum atomic E-state index is 11.9. The molecule has 1 aromatic rings. The molecule has 118 valence electrons. The number of halogens is 1. The van der Waals surface area contributed by atoms with Crippen LogP contribution in [0.1, 0.15) is 18.9 Å². The van der Waals surface area contributed by atoms with E-state index in [0.717, 1.165) is 12.0 Å². The minimum atomic E-state index is -0.408. The van der Waals surface area contributed by atoms with E-state index < -0.39 is 5.91 Å². The van der Waals surface area contributed by atoms with Crippen LogP contribution in [0.25, 0.3) is 0 Å². The number of hydrogen-bond acceptors (Lipinski definition) is 4. The van der Waals surface area contributed by atoms with Gasteiger partial charge >= 0.3 is 0 Å². The number of nitrogens with one attached hydrogen (secondary N) is 2. The molecule has 0 heterocycles. The second-order valence-electron chi connectivity index (χ2n) is 4.48. The number of ether oxygens (including phenoxy) is 1. The highest BCUT2D eigenvalue weighted by atomic mass is 35.5. The highest BCUT2D eigenvalue weighted by Crippen LogP contribution is 2.09. The van der Waals surface area contributed by atoms with E-state index >= 15 is 0 Å². The maximum Gasteiger partial charge on any atom is 0.263 e. The van der Waals surface area contributed by atoms with Crippen molar-refractivity contribution in [2.45, 2.75) is 19.9 Å². The topological polar surface area (TPSA) is 74.1 Å². The Morgan fingerprint density at radius 3 is 2.77 bits per heavy atom. The van der Waals surface area contributed by atoms with Crippen molar-refractivity contribution in [3.05, 3.63) is 46.6 Å². The normalized spacial score (nSPS) is 10.9. The molecule has 0 bridgehead atoms. The quantitative estimate of drug-likeness (QED) is 0.416. The highest BCUT2D eigenvalue weighted by molar-refractivity contribution is 6.30. The lowest BCUT2D eigenvalue weighted by molar-refractivity contribution is -0.117. The van der Waals surface area contributed by atoms with Crippen LogP contribution in [0.15, 0.2) is 36.0 Å². The first-order valence-corrected chi connectivity index (χ1v) is 7.49. The summed E-state index contributed by atoms with van der Waals surface area (Å²) in [6.07, 6.45) is 2.25. The van der Waals surface area contributed by atoms with Gasteiger partial charge in [-0.25, -0.2) is 0 Å². The lowest BCUT2D eigenvalue weighted by atomic mass is 10.2. The Morgan fingerprint density at radius 1 is 1.41 bits per heavy atom. The maximum absolute atomic E-state index is 11.9. The molecule has 1 amide bonds. The van der Waals surface area contributed by atoms with E-state index in [4.69, 9.17) is 21.6 Å². The zero-order chi connectivity index (χ0) is 16.2. The summed E-state index contributed by atoms with van der Waals surface area (Å²) < 4.78 is 5.20. The molecule has 6 heteroatoms. The molecule has 22 heavy (non-hydrogen) atoms. The fourth-order valence-corrected chi connectivity index (χ4v) is 1.75. The Morgan fingerprint density at radius 2 is 2.14 bits per heavy atom. The summed E-state index contributed by atoms with van der Waals surface area (Å²) in [5.41, 5.74) is 0.963. The van der Waals surface area contributed by atoms with Crippen molar-refractivity contribution in [1.29, 1.82) is 5.26 Å². The van der Waals surface area contributed by atoms with E-state index in [1.807, 2.05) is 25.1 Å². The molecule has 0 unspecified atom stereocenters. The summed E-state index contributed by atoms with van der Waals surface area (Å²) >= 11 is 5.79. The average Bonchev–Trinajstić information content (AvgIpc) is 2.53. The van der Waals surface area contributed by atoms with Gasteiger partial charge < -0.3 is 15.4 Å². The fraction of sp³-hybridized carbons (Fsp3) is 0.375. The first-order chi connectivity index (χ1) is 10.7. The monoisotopic (exact) mass is 321 g/mol. The molecule has 1 rings (SSSR count). The predicted molar refractivity (Wildman–Crippen MR) is 86.1 cm³/mol. The molecular weight excluding hydrogens is 302 g/mol. The van der Waals surface area contributed by atoms with Crippen LogP contribution in [0.5, 0.6) is 0 Å². The molecule has 1 aromatic carbocycles. The largest absolute Gasteiger partial charge is 0.390 e. The van der Waals surface area contributed by atoms with Crippen LogP contribution in [0.2, 0.25) is 5.02 Å². The molecule has 0 aliphatic carbocycles. The summed E-state index contributed by atoms with van der Waals surface area (Å²) in [4.78, 5) is 11.9. The Bertz CT molecular complexity index is 535. The molecule has 0 aromatic heterocycles. The number of nitriles is 1. The zero-order valence-electron chi connectivity index (χ0n) is 12.6. The van der Waals surface area contributed by atoms with Crippen molar-refractivity contribution in [1.82, 2.24) is 10.6 Å². The summed E-state index contributed by atoms with van der Waals surface area (Å²) in [6, 6.07) is 9.04. The molecule has 5 nitrogen and oxygen atoms in total. The number of hydrogen-bond donors (Lipinski definition) is 2. The van der Waals surface area contributed by atoms with Gasteiger partial charge in [-0.15, -0.1) is 0 Å². The van der Waals surface area contributed by atoms with Crippen LogP contribution in [0.3, 0.4) is 0 Å². The van der Waals surface area contributed by atoms with Gasteiger partial charge in [0.1, 0.15) is 11.6 Å². The van der Waals surface area contributed by atoms with E-state index in [1.165, 1.54) is 6.20 Å². The Balaban J connectivity index is 2.37. The average molecular weight is 322 g/mol. The predicted octanol–water partition coefficient (Wildman–Crippen LogP) is 2.38. The third-order valence-electron chi connectivity index (χ3n) is 2.79. The number of benzene rings is 1. The minimum absolute atomic E-state index is 0.0466. The van der Waals surface area contributed by atoms with Crippen molar-refractivity contribution in [2.24, 2.45) is 0 Å². The van der Waals surface area contributed by atoms with Gasteiger partial charge in [0.2, 0.25) is 0 Å². The van der Waals surface area contributed by atoms with E-state index in [1.54, 1.807) is 12.1 Å². The van der Waals surface area contributed by atoms with Gasteiger partial charge in [-0.2, -0.15) is 5.26 Å². The van der Waals surface area contributed by atoms with Gasteiger partial charge in [-0.05, 0) is 31.0 Å². The molecule has 0 spiro atoms. The van der Waals surface area contributed by atoms with Crippen molar-refractivity contribution in [2.75, 3.05) is 19.8 Å². The molecule has 0 atom stereocenters. The molecule has 0 saturated heterocycles. The van der Waals surface area contributed by atoms with Gasteiger partial charge in [0.25, 0.3) is 5.91 Å². The van der Waals surface area contributed by atoms with Gasteiger partial charge in [0, 0.05) is 37.5 Å². The molecule has 0 aliphatic rings. The number of rotatable bonds is 9. The molecule has 2 N–H and O–H groups in total. The first-order valence-electron chi connectivity index (χ1n) is 7.11. The van der Waals surface area contributed by atoms with Crippen LogP contribution in [-0.4, -0.2) is 25.7 Å². The van der Waals surface area contributed by atoms with Crippen LogP contribution in [0, 0.1) is 11.3 Å². The summed E-state index contributed by atoms with van der Waals surface area (Å²) in [5.74, 6) is -0.408. The van der Waals surface area contributed by atoms with E-state index in [2.05, 4.69) is 10.6 Å². The van der Waals surface area contributed by atoms with Crippen LogP contribution >= 0.6 is 11.6 Å². The van der Waals surface area contributed by atoms with Crippen molar-refractivity contribution in [3.8, 4) is 6.07 Å². The first kappa shape index (κ1) is 18.0. The van der Waals surface area contributed by atoms with Crippen molar-refractivity contribution in [3.63, 3.8) is 0 Å². The smallest absolute Gasteiger partial charge is 0.263 e. The second kappa shape index (κ2) is 10.7. The number of carbonyl (C=O) groups is 1. The Labute approximate surface area is 135 Å². The van der Waals surface area contributed by atoms with Gasteiger partial charge in [0.05, 0.1) is 0 Å². The zero-order valence-corrected chi connectivity index (χ0v) is 13.3. The minimum Gasteiger partial charge on any atom is -0.390 e. The van der Waals surface area contributed by atoms with Crippen molar-refractivity contribution >= 4 is 17.5 Å². The third-order valence-corrected chi connectivity index (χ3v) is 3.04. The van der Waals surface area contributed by atoms with Crippen LogP contribution in [0.4, 0.5) is 0 Å². The van der Waals surface area contributed by atoms with Crippen LogP contribution < -0.4 is 10.6 Å². The SMILES string of the molecule is CCOCCCN/C=C(/C#N)C(=O)NCc1ccc(Cl)cc1.